The summed E-state index contributed by atoms with van der Waals surface area (Å²) in [4.78, 5) is 14.8. The Balaban J connectivity index is 2.16. The molecule has 1 atom stereocenters. The number of nitrogens with zero attached hydrogens (tertiary/aromatic N) is 1. The van der Waals surface area contributed by atoms with Gasteiger partial charge in [-0.3, -0.25) is 4.79 Å². The third-order valence-electron chi connectivity index (χ3n) is 4.36. The molecule has 20 heavy (non-hydrogen) atoms. The van der Waals surface area contributed by atoms with Crippen molar-refractivity contribution < 1.29 is 4.79 Å². The number of hydrogen-bond donors (Lipinski definition) is 1. The highest BCUT2D eigenvalue weighted by Crippen LogP contribution is 2.32. The van der Waals surface area contributed by atoms with Gasteiger partial charge in [0.15, 0.2) is 0 Å². The fourth-order valence-electron chi connectivity index (χ4n) is 2.87. The van der Waals surface area contributed by atoms with E-state index in [9.17, 15) is 4.79 Å². The van der Waals surface area contributed by atoms with Crippen LogP contribution in [0.3, 0.4) is 0 Å². The maximum absolute atomic E-state index is 12.9. The summed E-state index contributed by atoms with van der Waals surface area (Å²) in [6.07, 6.45) is 1.82. The van der Waals surface area contributed by atoms with Crippen LogP contribution in [0, 0.1) is 5.41 Å². The lowest BCUT2D eigenvalue weighted by Crippen LogP contribution is -2.44. The SMILES string of the molecule is CCN(Cc1ccccc1Cl)C(=O)C1(CC)CCNC1. The molecule has 1 unspecified atom stereocenters. The quantitative estimate of drug-likeness (QED) is 0.905. The molecule has 1 aromatic rings. The second-order valence-corrected chi connectivity index (χ2v) is 5.88. The Morgan fingerprint density at radius 1 is 1.40 bits per heavy atom. The molecule has 0 saturated carbocycles. The number of hydrogen-bond acceptors (Lipinski definition) is 2. The molecule has 1 saturated heterocycles. The molecule has 2 rings (SSSR count). The van der Waals surface area contributed by atoms with Gasteiger partial charge in [-0.15, -0.1) is 0 Å². The van der Waals surface area contributed by atoms with Crippen molar-refractivity contribution >= 4 is 17.5 Å². The van der Waals surface area contributed by atoms with E-state index < -0.39 is 0 Å². The molecule has 0 aromatic heterocycles. The molecule has 0 spiro atoms. The van der Waals surface area contributed by atoms with Crippen LogP contribution >= 0.6 is 11.6 Å². The molecule has 1 fully saturated rings. The number of benzene rings is 1. The predicted molar refractivity (Wildman–Crippen MR) is 82.8 cm³/mol. The van der Waals surface area contributed by atoms with E-state index >= 15 is 0 Å². The molecule has 0 bridgehead atoms. The van der Waals surface area contributed by atoms with E-state index in [1.807, 2.05) is 36.1 Å². The monoisotopic (exact) mass is 294 g/mol. The van der Waals surface area contributed by atoms with E-state index in [1.165, 1.54) is 0 Å². The third-order valence-corrected chi connectivity index (χ3v) is 4.73. The number of amides is 1. The van der Waals surface area contributed by atoms with Crippen LogP contribution in [0.5, 0.6) is 0 Å². The van der Waals surface area contributed by atoms with Crippen LogP contribution in [0.2, 0.25) is 5.02 Å². The van der Waals surface area contributed by atoms with E-state index in [-0.39, 0.29) is 11.3 Å². The smallest absolute Gasteiger partial charge is 0.230 e. The molecule has 0 aliphatic carbocycles. The van der Waals surface area contributed by atoms with Crippen LogP contribution in [-0.2, 0) is 11.3 Å². The minimum atomic E-state index is -0.225. The summed E-state index contributed by atoms with van der Waals surface area (Å²) in [6.45, 7) is 7.17. The molecule has 110 valence electrons. The Hall–Kier alpha value is -1.06. The number of nitrogens with one attached hydrogen (secondary N) is 1. The Bertz CT molecular complexity index is 469. The molecular formula is C16H23ClN2O. The first-order chi connectivity index (χ1) is 9.63. The average Bonchev–Trinajstić information content (AvgIpc) is 2.96. The minimum Gasteiger partial charge on any atom is -0.338 e. The lowest BCUT2D eigenvalue weighted by Gasteiger charge is -2.33. The fourth-order valence-corrected chi connectivity index (χ4v) is 3.07. The standard InChI is InChI=1S/C16H23ClN2O/c1-3-16(9-10-18-12-16)15(20)19(4-2)11-13-7-5-6-8-14(13)17/h5-8,18H,3-4,9-12H2,1-2H3. The number of rotatable bonds is 5. The Morgan fingerprint density at radius 2 is 2.15 bits per heavy atom. The van der Waals surface area contributed by atoms with Crippen molar-refractivity contribution in [2.45, 2.75) is 33.2 Å². The Morgan fingerprint density at radius 3 is 2.70 bits per heavy atom. The van der Waals surface area contributed by atoms with Gasteiger partial charge in [0.05, 0.1) is 5.41 Å². The Labute approximate surface area is 126 Å². The highest BCUT2D eigenvalue weighted by molar-refractivity contribution is 6.31. The van der Waals surface area contributed by atoms with Gasteiger partial charge in [0.25, 0.3) is 0 Å². The van der Waals surface area contributed by atoms with Crippen molar-refractivity contribution in [1.29, 1.82) is 0 Å². The summed E-state index contributed by atoms with van der Waals surface area (Å²) in [5, 5.41) is 4.06. The van der Waals surface area contributed by atoms with Gasteiger partial charge in [0.1, 0.15) is 0 Å². The van der Waals surface area contributed by atoms with Gasteiger partial charge < -0.3 is 10.2 Å². The van der Waals surface area contributed by atoms with Gasteiger partial charge in [0, 0.05) is 24.7 Å². The highest BCUT2D eigenvalue weighted by atomic mass is 35.5. The van der Waals surface area contributed by atoms with Gasteiger partial charge in [-0.1, -0.05) is 36.7 Å². The van der Waals surface area contributed by atoms with E-state index in [0.29, 0.717) is 13.1 Å². The van der Waals surface area contributed by atoms with Gasteiger partial charge >= 0.3 is 0 Å². The van der Waals surface area contributed by atoms with E-state index in [2.05, 4.69) is 12.2 Å². The molecule has 4 heteroatoms. The molecule has 3 nitrogen and oxygen atoms in total. The first-order valence-corrected chi connectivity index (χ1v) is 7.74. The summed E-state index contributed by atoms with van der Waals surface area (Å²) >= 11 is 6.21. The first kappa shape index (κ1) is 15.3. The van der Waals surface area contributed by atoms with Crippen molar-refractivity contribution in [3.05, 3.63) is 34.9 Å². The predicted octanol–water partition coefficient (Wildman–Crippen LogP) is 3.08. The van der Waals surface area contributed by atoms with Crippen LogP contribution in [0.25, 0.3) is 0 Å². The van der Waals surface area contributed by atoms with Crippen molar-refractivity contribution in [2.75, 3.05) is 19.6 Å². The maximum Gasteiger partial charge on any atom is 0.230 e. The molecule has 1 heterocycles. The van der Waals surface area contributed by atoms with Crippen molar-refractivity contribution in [3.8, 4) is 0 Å². The second-order valence-electron chi connectivity index (χ2n) is 5.47. The molecular weight excluding hydrogens is 272 g/mol. The lowest BCUT2D eigenvalue weighted by molar-refractivity contribution is -0.141. The van der Waals surface area contributed by atoms with Gasteiger partial charge in [-0.05, 0) is 37.9 Å². The summed E-state index contributed by atoms with van der Waals surface area (Å²) in [6, 6.07) is 7.75. The molecule has 1 aliphatic heterocycles. The molecule has 1 N–H and O–H groups in total. The zero-order valence-electron chi connectivity index (χ0n) is 12.3. The Kier molecular flexibility index (Phi) is 5.06. The fraction of sp³-hybridized carbons (Fsp3) is 0.562. The minimum absolute atomic E-state index is 0.225. The number of carbonyl (C=O) groups is 1. The highest BCUT2D eigenvalue weighted by Gasteiger charge is 2.41. The van der Waals surface area contributed by atoms with Crippen LogP contribution in [0.1, 0.15) is 32.3 Å². The molecule has 1 aromatic carbocycles. The topological polar surface area (TPSA) is 32.3 Å². The van der Waals surface area contributed by atoms with Crippen molar-refractivity contribution in [1.82, 2.24) is 10.2 Å². The van der Waals surface area contributed by atoms with E-state index in [4.69, 9.17) is 11.6 Å². The largest absolute Gasteiger partial charge is 0.338 e. The van der Waals surface area contributed by atoms with Crippen LogP contribution < -0.4 is 5.32 Å². The first-order valence-electron chi connectivity index (χ1n) is 7.36. The zero-order valence-corrected chi connectivity index (χ0v) is 13.0. The van der Waals surface area contributed by atoms with E-state index in [0.717, 1.165) is 36.5 Å². The van der Waals surface area contributed by atoms with Crippen LogP contribution in [0.4, 0.5) is 0 Å². The normalized spacial score (nSPS) is 21.9. The maximum atomic E-state index is 12.9. The summed E-state index contributed by atoms with van der Waals surface area (Å²) in [5.74, 6) is 0.257. The van der Waals surface area contributed by atoms with Gasteiger partial charge in [-0.25, -0.2) is 0 Å². The van der Waals surface area contributed by atoms with Gasteiger partial charge in [-0.2, -0.15) is 0 Å². The summed E-state index contributed by atoms with van der Waals surface area (Å²) in [7, 11) is 0. The van der Waals surface area contributed by atoms with Crippen LogP contribution in [-0.4, -0.2) is 30.4 Å². The summed E-state index contributed by atoms with van der Waals surface area (Å²) < 4.78 is 0. The average molecular weight is 295 g/mol. The third kappa shape index (κ3) is 2.99. The lowest BCUT2D eigenvalue weighted by atomic mass is 9.82. The van der Waals surface area contributed by atoms with Crippen LogP contribution in [0.15, 0.2) is 24.3 Å². The summed E-state index contributed by atoms with van der Waals surface area (Å²) in [5.41, 5.74) is 0.790. The molecule has 1 aliphatic rings. The number of carbonyl (C=O) groups excluding carboxylic acids is 1. The zero-order chi connectivity index (χ0) is 14.6. The molecule has 1 amide bonds. The van der Waals surface area contributed by atoms with E-state index in [1.54, 1.807) is 0 Å². The second kappa shape index (κ2) is 6.59. The van der Waals surface area contributed by atoms with Crippen molar-refractivity contribution in [2.24, 2.45) is 5.41 Å². The van der Waals surface area contributed by atoms with Gasteiger partial charge in [0.2, 0.25) is 5.91 Å². The van der Waals surface area contributed by atoms with Crippen molar-refractivity contribution in [3.63, 3.8) is 0 Å². The molecule has 0 radical (unpaired) electrons. The number of halogens is 1.